The number of aryl methyl sites for hydroxylation is 1. The third kappa shape index (κ3) is 11.2. The molecule has 2 aromatic carbocycles. The molecule has 42 heavy (non-hydrogen) atoms. The molecule has 3 atom stereocenters. The van der Waals surface area contributed by atoms with Gasteiger partial charge in [-0.2, -0.15) is 0 Å². The van der Waals surface area contributed by atoms with Gasteiger partial charge in [0.05, 0.1) is 46.1 Å². The van der Waals surface area contributed by atoms with Gasteiger partial charge < -0.3 is 34.3 Å². The molecular formula is C30H43N3O8S. The van der Waals surface area contributed by atoms with Crippen molar-refractivity contribution in [2.45, 2.75) is 38.8 Å². The second-order valence-electron chi connectivity index (χ2n) is 9.80. The Morgan fingerprint density at radius 2 is 1.52 bits per heavy atom. The number of hydrogen-bond donors (Lipinski definition) is 4. The highest BCUT2D eigenvalue weighted by Crippen LogP contribution is 2.27. The predicted octanol–water partition coefficient (Wildman–Crippen LogP) is 2.91. The van der Waals surface area contributed by atoms with Gasteiger partial charge in [-0.15, -0.1) is 0 Å². The number of thiocarbonyl (C=S) groups is 1. The normalized spacial score (nSPS) is 13.8. The third-order valence-corrected chi connectivity index (χ3v) is 7.16. The van der Waals surface area contributed by atoms with Gasteiger partial charge in [-0.1, -0.05) is 42.0 Å². The molecule has 0 aromatic heterocycles. The standard InChI is InChI=1S/C30H43N3O8S/c1-21-6-10-25(11-7-21)41-22(2)26(20-27(34)33-36)28(35)32-30(3,23-8-12-24(38-5)13-9-23)29(42)31-14-15-39-18-19-40-17-16-37-4/h6-13,22,26,36H,14-20H2,1-5H3,(H,31,42)(H,32,35)(H,33,34). The van der Waals surface area contributed by atoms with Crippen LogP contribution >= 0.6 is 12.2 Å². The van der Waals surface area contributed by atoms with Gasteiger partial charge in [0, 0.05) is 20.1 Å². The summed E-state index contributed by atoms with van der Waals surface area (Å²) in [6.45, 7) is 8.07. The van der Waals surface area contributed by atoms with Crippen molar-refractivity contribution < 1.29 is 38.5 Å². The largest absolute Gasteiger partial charge is 0.497 e. The van der Waals surface area contributed by atoms with Crippen molar-refractivity contribution in [3.63, 3.8) is 0 Å². The highest BCUT2D eigenvalue weighted by Gasteiger charge is 2.38. The van der Waals surface area contributed by atoms with Gasteiger partial charge in [-0.3, -0.25) is 14.8 Å². The number of hydroxylamine groups is 1. The molecule has 0 spiro atoms. The molecule has 0 bridgehead atoms. The summed E-state index contributed by atoms with van der Waals surface area (Å²) < 4.78 is 27.2. The molecule has 2 amide bonds. The molecule has 3 unspecified atom stereocenters. The molecule has 12 heteroatoms. The second-order valence-corrected chi connectivity index (χ2v) is 10.2. The van der Waals surface area contributed by atoms with E-state index in [1.807, 2.05) is 31.2 Å². The van der Waals surface area contributed by atoms with Crippen LogP contribution in [0.3, 0.4) is 0 Å². The summed E-state index contributed by atoms with van der Waals surface area (Å²) in [6.07, 6.45) is -1.03. The van der Waals surface area contributed by atoms with Crippen molar-refractivity contribution in [2.24, 2.45) is 5.92 Å². The number of ether oxygens (including phenoxy) is 5. The monoisotopic (exact) mass is 605 g/mol. The minimum absolute atomic E-state index is 0.311. The lowest BCUT2D eigenvalue weighted by Gasteiger charge is -2.35. The van der Waals surface area contributed by atoms with Crippen LogP contribution in [0.2, 0.25) is 0 Å². The van der Waals surface area contributed by atoms with Crippen molar-refractivity contribution in [3.8, 4) is 11.5 Å². The van der Waals surface area contributed by atoms with E-state index >= 15 is 0 Å². The number of carbonyl (C=O) groups excluding carboxylic acids is 2. The van der Waals surface area contributed by atoms with Gasteiger partial charge in [0.1, 0.15) is 28.1 Å². The van der Waals surface area contributed by atoms with E-state index < -0.39 is 29.4 Å². The maximum atomic E-state index is 13.8. The van der Waals surface area contributed by atoms with Crippen LogP contribution < -0.4 is 25.6 Å². The van der Waals surface area contributed by atoms with Crippen molar-refractivity contribution in [1.29, 1.82) is 0 Å². The van der Waals surface area contributed by atoms with Gasteiger partial charge in [0.15, 0.2) is 0 Å². The SMILES string of the molecule is COCCOCCOCCNC(=S)C(C)(NC(=O)C(CC(=O)NO)C(C)Oc1ccc(C)cc1)c1ccc(OC)cc1. The highest BCUT2D eigenvalue weighted by molar-refractivity contribution is 7.80. The highest BCUT2D eigenvalue weighted by atomic mass is 32.1. The number of amides is 2. The first-order valence-electron chi connectivity index (χ1n) is 13.7. The average Bonchev–Trinajstić information content (AvgIpc) is 2.99. The van der Waals surface area contributed by atoms with E-state index in [9.17, 15) is 14.8 Å². The Hall–Kier alpha value is -3.29. The zero-order valence-electron chi connectivity index (χ0n) is 24.9. The number of hydrogen-bond acceptors (Lipinski definition) is 9. The molecule has 232 valence electrons. The van der Waals surface area contributed by atoms with Crippen molar-refractivity contribution in [1.82, 2.24) is 16.1 Å². The molecule has 0 saturated carbocycles. The first-order chi connectivity index (χ1) is 20.1. The Morgan fingerprint density at radius 1 is 0.929 bits per heavy atom. The van der Waals surface area contributed by atoms with Crippen LogP contribution in [0.4, 0.5) is 0 Å². The fourth-order valence-electron chi connectivity index (χ4n) is 4.03. The quantitative estimate of drug-likeness (QED) is 0.0819. The fourth-order valence-corrected chi connectivity index (χ4v) is 4.30. The van der Waals surface area contributed by atoms with E-state index in [-0.39, 0.29) is 6.42 Å². The van der Waals surface area contributed by atoms with Crippen molar-refractivity contribution >= 4 is 29.0 Å². The molecule has 0 aliphatic rings. The topological polar surface area (TPSA) is 137 Å². The Labute approximate surface area is 253 Å². The van der Waals surface area contributed by atoms with E-state index in [0.29, 0.717) is 61.6 Å². The van der Waals surface area contributed by atoms with Crippen molar-refractivity contribution in [3.05, 3.63) is 59.7 Å². The number of methoxy groups -OCH3 is 2. The number of nitrogens with one attached hydrogen (secondary N) is 3. The molecule has 11 nitrogen and oxygen atoms in total. The molecule has 2 rings (SSSR count). The van der Waals surface area contributed by atoms with E-state index in [1.54, 1.807) is 57.8 Å². The Balaban J connectivity index is 2.18. The Morgan fingerprint density at radius 3 is 2.12 bits per heavy atom. The van der Waals surface area contributed by atoms with Crippen molar-refractivity contribution in [2.75, 3.05) is 53.8 Å². The summed E-state index contributed by atoms with van der Waals surface area (Å²) in [5.41, 5.74) is 2.19. The molecule has 0 radical (unpaired) electrons. The maximum Gasteiger partial charge on any atom is 0.244 e. The van der Waals surface area contributed by atoms with E-state index in [2.05, 4.69) is 10.6 Å². The van der Waals surface area contributed by atoms with Gasteiger partial charge in [-0.05, 0) is 50.6 Å². The summed E-state index contributed by atoms with van der Waals surface area (Å²) in [5, 5.41) is 15.4. The zero-order chi connectivity index (χ0) is 31.0. The van der Waals surface area contributed by atoms with Gasteiger partial charge in [0.2, 0.25) is 11.8 Å². The number of rotatable bonds is 19. The molecule has 0 fully saturated rings. The summed E-state index contributed by atoms with van der Waals surface area (Å²) in [7, 11) is 3.18. The van der Waals surface area contributed by atoms with Crippen LogP contribution in [0.1, 0.15) is 31.4 Å². The molecule has 2 aromatic rings. The van der Waals surface area contributed by atoms with Crippen LogP contribution in [-0.2, 0) is 29.3 Å². The lowest BCUT2D eigenvalue weighted by Crippen LogP contribution is -2.56. The van der Waals surface area contributed by atoms with Crippen LogP contribution in [0.15, 0.2) is 48.5 Å². The molecule has 0 heterocycles. The van der Waals surface area contributed by atoms with E-state index in [1.165, 1.54) is 0 Å². The minimum atomic E-state index is -1.17. The number of benzene rings is 2. The van der Waals surface area contributed by atoms with Gasteiger partial charge >= 0.3 is 0 Å². The molecular weight excluding hydrogens is 562 g/mol. The van der Waals surface area contributed by atoms with Crippen LogP contribution in [0, 0.1) is 12.8 Å². The summed E-state index contributed by atoms with van der Waals surface area (Å²) in [6, 6.07) is 14.5. The molecule has 0 aliphatic carbocycles. The molecule has 0 aliphatic heterocycles. The van der Waals surface area contributed by atoms with E-state index in [0.717, 1.165) is 5.56 Å². The van der Waals surface area contributed by atoms with Crippen LogP contribution in [0.5, 0.6) is 11.5 Å². The Bertz CT molecular complexity index is 1120. The fraction of sp³-hybridized carbons (Fsp3) is 0.500. The number of carbonyl (C=O) groups is 2. The molecule has 0 saturated heterocycles. The Kier molecular flexibility index (Phi) is 15.2. The van der Waals surface area contributed by atoms with Gasteiger partial charge in [-0.25, -0.2) is 5.48 Å². The summed E-state index contributed by atoms with van der Waals surface area (Å²) in [5.74, 6) is -0.963. The maximum absolute atomic E-state index is 13.8. The summed E-state index contributed by atoms with van der Waals surface area (Å²) >= 11 is 5.78. The average molecular weight is 606 g/mol. The lowest BCUT2D eigenvalue weighted by molar-refractivity contribution is -0.137. The first kappa shape index (κ1) is 34.9. The van der Waals surface area contributed by atoms with E-state index in [4.69, 9.17) is 35.9 Å². The second kappa shape index (κ2) is 18.3. The van der Waals surface area contributed by atoms with Crippen LogP contribution in [-0.4, -0.2) is 81.9 Å². The predicted molar refractivity (Wildman–Crippen MR) is 162 cm³/mol. The zero-order valence-corrected chi connectivity index (χ0v) is 25.8. The van der Waals surface area contributed by atoms with Crippen LogP contribution in [0.25, 0.3) is 0 Å². The van der Waals surface area contributed by atoms with Gasteiger partial charge in [0.25, 0.3) is 0 Å². The summed E-state index contributed by atoms with van der Waals surface area (Å²) in [4.78, 5) is 26.3. The minimum Gasteiger partial charge on any atom is -0.497 e. The third-order valence-electron chi connectivity index (χ3n) is 6.61. The lowest BCUT2D eigenvalue weighted by atomic mass is 9.89. The molecule has 4 N–H and O–H groups in total. The smallest absolute Gasteiger partial charge is 0.244 e. The first-order valence-corrected chi connectivity index (χ1v) is 14.1.